The van der Waals surface area contributed by atoms with Crippen LogP contribution in [0, 0.1) is 11.2 Å². The van der Waals surface area contributed by atoms with Gasteiger partial charge in [0.15, 0.2) is 11.5 Å². The summed E-state index contributed by atoms with van der Waals surface area (Å²) in [7, 11) is 3.05. The molecule has 5 nitrogen and oxygen atoms in total. The van der Waals surface area contributed by atoms with E-state index < -0.39 is 0 Å². The van der Waals surface area contributed by atoms with E-state index in [1.807, 2.05) is 0 Å². The number of piperidine rings is 1. The standard InChI is InChI=1S/C17H23FN2O3/c1-22-14-7-12(13(18)8-15(14)23-2)10-20-5-3-17(4-6-20)9-16(21)19-11-17/h7-8H,3-6,9-11H2,1-2H3,(H,19,21). The highest BCUT2D eigenvalue weighted by Crippen LogP contribution is 2.38. The Bertz CT molecular complexity index is 598. The van der Waals surface area contributed by atoms with E-state index in [0.29, 0.717) is 30.0 Å². The third-order valence-corrected chi connectivity index (χ3v) is 5.06. The second-order valence-corrected chi connectivity index (χ2v) is 6.53. The number of methoxy groups -OCH3 is 2. The summed E-state index contributed by atoms with van der Waals surface area (Å²) in [6.45, 7) is 3.08. The van der Waals surface area contributed by atoms with Crippen molar-refractivity contribution < 1.29 is 18.7 Å². The number of nitrogens with zero attached hydrogens (tertiary/aromatic N) is 1. The Hall–Kier alpha value is -1.82. The Labute approximate surface area is 135 Å². The molecule has 0 aromatic heterocycles. The van der Waals surface area contributed by atoms with Crippen molar-refractivity contribution in [2.45, 2.75) is 25.8 Å². The number of nitrogens with one attached hydrogen (secondary N) is 1. The summed E-state index contributed by atoms with van der Waals surface area (Å²) in [4.78, 5) is 13.7. The van der Waals surface area contributed by atoms with Crippen LogP contribution in [0.15, 0.2) is 12.1 Å². The van der Waals surface area contributed by atoms with Crippen molar-refractivity contribution in [1.29, 1.82) is 0 Å². The van der Waals surface area contributed by atoms with E-state index in [0.717, 1.165) is 32.5 Å². The molecule has 0 radical (unpaired) electrons. The molecule has 1 aromatic carbocycles. The lowest BCUT2D eigenvalue weighted by molar-refractivity contribution is -0.119. The Kier molecular flexibility index (Phi) is 4.43. The van der Waals surface area contributed by atoms with Gasteiger partial charge < -0.3 is 14.8 Å². The fraction of sp³-hybridized carbons (Fsp3) is 0.588. The summed E-state index contributed by atoms with van der Waals surface area (Å²) in [5.74, 6) is 0.829. The predicted octanol–water partition coefficient (Wildman–Crippen LogP) is 1.95. The number of likely N-dealkylation sites (tertiary alicyclic amines) is 1. The zero-order chi connectivity index (χ0) is 16.4. The maximum atomic E-state index is 14.2. The average Bonchev–Trinajstić information content (AvgIpc) is 2.92. The van der Waals surface area contributed by atoms with E-state index in [-0.39, 0.29) is 17.1 Å². The number of ether oxygens (including phenoxy) is 2. The van der Waals surface area contributed by atoms with Gasteiger partial charge in [-0.25, -0.2) is 4.39 Å². The van der Waals surface area contributed by atoms with Crippen molar-refractivity contribution in [3.05, 3.63) is 23.5 Å². The van der Waals surface area contributed by atoms with Gasteiger partial charge in [0.2, 0.25) is 5.91 Å². The number of rotatable bonds is 4. The first-order valence-corrected chi connectivity index (χ1v) is 7.95. The molecule has 2 aliphatic heterocycles. The van der Waals surface area contributed by atoms with Gasteiger partial charge in [-0.1, -0.05) is 0 Å². The lowest BCUT2D eigenvalue weighted by atomic mass is 9.77. The summed E-state index contributed by atoms with van der Waals surface area (Å²) in [6, 6.07) is 3.08. The molecule has 2 heterocycles. The Morgan fingerprint density at radius 2 is 1.87 bits per heavy atom. The van der Waals surface area contributed by atoms with Crippen LogP contribution in [-0.2, 0) is 11.3 Å². The number of amides is 1. The average molecular weight is 322 g/mol. The summed E-state index contributed by atoms with van der Waals surface area (Å²) >= 11 is 0. The minimum Gasteiger partial charge on any atom is -0.493 e. The van der Waals surface area contributed by atoms with E-state index in [1.165, 1.54) is 13.2 Å². The molecule has 2 fully saturated rings. The van der Waals surface area contributed by atoms with Crippen molar-refractivity contribution in [2.24, 2.45) is 5.41 Å². The first-order valence-electron chi connectivity index (χ1n) is 7.95. The van der Waals surface area contributed by atoms with Crippen LogP contribution in [0.25, 0.3) is 0 Å². The molecule has 1 N–H and O–H groups in total. The van der Waals surface area contributed by atoms with Gasteiger partial charge in [0.05, 0.1) is 14.2 Å². The molecular weight excluding hydrogens is 299 g/mol. The van der Waals surface area contributed by atoms with Crippen LogP contribution >= 0.6 is 0 Å². The second kappa shape index (κ2) is 6.35. The molecule has 0 saturated carbocycles. The van der Waals surface area contributed by atoms with Gasteiger partial charge in [-0.2, -0.15) is 0 Å². The van der Waals surface area contributed by atoms with Crippen molar-refractivity contribution in [3.63, 3.8) is 0 Å². The quantitative estimate of drug-likeness (QED) is 0.920. The Morgan fingerprint density at radius 3 is 2.43 bits per heavy atom. The lowest BCUT2D eigenvalue weighted by Crippen LogP contribution is -2.40. The van der Waals surface area contributed by atoms with Gasteiger partial charge in [-0.15, -0.1) is 0 Å². The van der Waals surface area contributed by atoms with E-state index in [2.05, 4.69) is 10.2 Å². The molecule has 2 aliphatic rings. The topological polar surface area (TPSA) is 50.8 Å². The number of halogens is 1. The molecule has 1 amide bonds. The second-order valence-electron chi connectivity index (χ2n) is 6.53. The summed E-state index contributed by atoms with van der Waals surface area (Å²) in [5, 5.41) is 2.93. The fourth-order valence-corrected chi connectivity index (χ4v) is 3.55. The highest BCUT2D eigenvalue weighted by atomic mass is 19.1. The third kappa shape index (κ3) is 3.27. The number of carbonyl (C=O) groups excluding carboxylic acids is 1. The van der Waals surface area contributed by atoms with Gasteiger partial charge in [0.1, 0.15) is 5.82 Å². The first kappa shape index (κ1) is 16.1. The summed E-state index contributed by atoms with van der Waals surface area (Å²) < 4.78 is 24.6. The minimum atomic E-state index is -0.277. The molecule has 0 unspecified atom stereocenters. The summed E-state index contributed by atoms with van der Waals surface area (Å²) in [5.41, 5.74) is 0.725. The van der Waals surface area contributed by atoms with Crippen LogP contribution in [0.1, 0.15) is 24.8 Å². The van der Waals surface area contributed by atoms with Crippen molar-refractivity contribution in [2.75, 3.05) is 33.9 Å². The molecular formula is C17H23FN2O3. The number of hydrogen-bond donors (Lipinski definition) is 1. The molecule has 3 rings (SSSR count). The molecule has 126 valence electrons. The van der Waals surface area contributed by atoms with Gasteiger partial charge in [-0.05, 0) is 37.4 Å². The monoisotopic (exact) mass is 322 g/mol. The molecule has 6 heteroatoms. The first-order chi connectivity index (χ1) is 11.0. The van der Waals surface area contributed by atoms with E-state index >= 15 is 0 Å². The predicted molar refractivity (Wildman–Crippen MR) is 84.1 cm³/mol. The molecule has 0 atom stereocenters. The highest BCUT2D eigenvalue weighted by Gasteiger charge is 2.40. The molecule has 2 saturated heterocycles. The zero-order valence-electron chi connectivity index (χ0n) is 13.7. The van der Waals surface area contributed by atoms with Crippen LogP contribution in [0.2, 0.25) is 0 Å². The third-order valence-electron chi connectivity index (χ3n) is 5.06. The van der Waals surface area contributed by atoms with Crippen LogP contribution in [0.3, 0.4) is 0 Å². The molecule has 23 heavy (non-hydrogen) atoms. The van der Waals surface area contributed by atoms with Crippen molar-refractivity contribution in [1.82, 2.24) is 10.2 Å². The SMILES string of the molecule is COc1cc(F)c(CN2CCC3(CC2)CNC(=O)C3)cc1OC. The van der Waals surface area contributed by atoms with E-state index in [1.54, 1.807) is 13.2 Å². The van der Waals surface area contributed by atoms with Crippen molar-refractivity contribution in [3.8, 4) is 11.5 Å². The maximum absolute atomic E-state index is 14.2. The Morgan fingerprint density at radius 1 is 1.22 bits per heavy atom. The fourth-order valence-electron chi connectivity index (χ4n) is 3.55. The normalized spacial score (nSPS) is 20.6. The van der Waals surface area contributed by atoms with Gasteiger partial charge in [-0.3, -0.25) is 9.69 Å². The van der Waals surface area contributed by atoms with Gasteiger partial charge in [0.25, 0.3) is 0 Å². The van der Waals surface area contributed by atoms with Crippen molar-refractivity contribution >= 4 is 5.91 Å². The van der Waals surface area contributed by atoms with Crippen LogP contribution in [-0.4, -0.2) is 44.7 Å². The molecule has 0 bridgehead atoms. The van der Waals surface area contributed by atoms with Crippen LogP contribution in [0.4, 0.5) is 4.39 Å². The summed E-state index contributed by atoms with van der Waals surface area (Å²) in [6.07, 6.45) is 2.58. The maximum Gasteiger partial charge on any atom is 0.220 e. The highest BCUT2D eigenvalue weighted by molar-refractivity contribution is 5.79. The Balaban J connectivity index is 1.66. The smallest absolute Gasteiger partial charge is 0.220 e. The number of benzene rings is 1. The van der Waals surface area contributed by atoms with E-state index in [4.69, 9.17) is 9.47 Å². The van der Waals surface area contributed by atoms with Crippen LogP contribution < -0.4 is 14.8 Å². The minimum absolute atomic E-state index is 0.115. The number of carbonyl (C=O) groups is 1. The van der Waals surface area contributed by atoms with E-state index in [9.17, 15) is 9.18 Å². The molecule has 1 spiro atoms. The zero-order valence-corrected chi connectivity index (χ0v) is 13.7. The lowest BCUT2D eigenvalue weighted by Gasteiger charge is -2.38. The number of hydrogen-bond acceptors (Lipinski definition) is 4. The van der Waals surface area contributed by atoms with Gasteiger partial charge in [0, 0.05) is 31.1 Å². The van der Waals surface area contributed by atoms with Crippen LogP contribution in [0.5, 0.6) is 11.5 Å². The molecule has 1 aromatic rings. The largest absolute Gasteiger partial charge is 0.493 e. The van der Waals surface area contributed by atoms with Gasteiger partial charge >= 0.3 is 0 Å². The molecule has 0 aliphatic carbocycles.